The van der Waals surface area contributed by atoms with Crippen LogP contribution in [0.1, 0.15) is 52.9 Å². The van der Waals surface area contributed by atoms with Crippen LogP contribution in [0.3, 0.4) is 0 Å². The lowest BCUT2D eigenvalue weighted by atomic mass is 9.45. The molecule has 0 saturated heterocycles. The van der Waals surface area contributed by atoms with Gasteiger partial charge in [-0.15, -0.1) is 11.6 Å². The molecule has 0 aliphatic heterocycles. The predicted molar refractivity (Wildman–Crippen MR) is 151 cm³/mol. The van der Waals surface area contributed by atoms with Crippen LogP contribution in [0.25, 0.3) is 0 Å². The van der Waals surface area contributed by atoms with E-state index in [4.69, 9.17) is 11.6 Å². The Morgan fingerprint density at radius 3 is 2.68 bits per heavy atom. The number of ketones is 2. The molecule has 3 fully saturated rings. The molecular formula is C28H38ClNO6S2. The van der Waals surface area contributed by atoms with Crippen LogP contribution in [0.4, 0.5) is 0 Å². The monoisotopic (exact) mass is 583 g/mol. The van der Waals surface area contributed by atoms with Gasteiger partial charge in [-0.3, -0.25) is 19.2 Å². The Morgan fingerprint density at radius 2 is 2.03 bits per heavy atom. The molecule has 4 aliphatic carbocycles. The zero-order valence-corrected chi connectivity index (χ0v) is 24.8. The number of thioether (sulfide) groups is 2. The number of amides is 1. The van der Waals surface area contributed by atoms with Gasteiger partial charge in [0.1, 0.15) is 5.60 Å². The van der Waals surface area contributed by atoms with Crippen molar-refractivity contribution in [2.45, 2.75) is 75.5 Å². The van der Waals surface area contributed by atoms with Gasteiger partial charge in [0, 0.05) is 10.8 Å². The normalized spacial score (nSPS) is 42.4. The van der Waals surface area contributed by atoms with E-state index in [0.717, 1.165) is 17.3 Å². The highest BCUT2D eigenvalue weighted by molar-refractivity contribution is 8.14. The summed E-state index contributed by atoms with van der Waals surface area (Å²) < 4.78 is 0. The number of nitrogens with one attached hydrogen (secondary N) is 1. The van der Waals surface area contributed by atoms with Crippen molar-refractivity contribution in [3.63, 3.8) is 0 Å². The highest BCUT2D eigenvalue weighted by Gasteiger charge is 2.74. The summed E-state index contributed by atoms with van der Waals surface area (Å²) in [6.07, 6.45) is 8.86. The quantitative estimate of drug-likeness (QED) is 0.279. The average Bonchev–Trinajstić information content (AvgIpc) is 3.07. The molecule has 38 heavy (non-hydrogen) atoms. The summed E-state index contributed by atoms with van der Waals surface area (Å²) in [6.45, 7) is 5.72. The Labute approximate surface area is 238 Å². The van der Waals surface area contributed by atoms with Crippen molar-refractivity contribution >= 4 is 58.2 Å². The standard InChI is InChI=1S/C28H38ClNO6S2/c1-16-11-20-19-6-5-17-12-18(32)7-9-25(17,2)27(19,29)22(33)13-26(20,3)28(16,36)23(34)14-38-24(35)21(30-15-31)8-10-37-4/h7,9,12,15-16,19-22,33,36H,5-6,8,10-11,13-14H2,1-4H3,(H,30,31)/t16-,19-,20-,21?,22-,25-,26-,27?,28-/m0/s1. The first-order valence-corrected chi connectivity index (χ1v) is 16.0. The van der Waals surface area contributed by atoms with Gasteiger partial charge in [0.2, 0.25) is 11.5 Å². The second-order valence-electron chi connectivity index (χ2n) is 11.8. The first-order valence-electron chi connectivity index (χ1n) is 13.2. The largest absolute Gasteiger partial charge is 0.391 e. The maximum Gasteiger partial charge on any atom is 0.211 e. The molecule has 9 atom stereocenters. The fourth-order valence-corrected chi connectivity index (χ4v) is 9.95. The van der Waals surface area contributed by atoms with E-state index in [-0.39, 0.29) is 40.8 Å². The summed E-state index contributed by atoms with van der Waals surface area (Å²) in [4.78, 5) is 48.5. The number of hydrogen-bond acceptors (Lipinski definition) is 8. The molecule has 1 amide bonds. The second kappa shape index (κ2) is 10.7. The molecule has 0 aromatic carbocycles. The van der Waals surface area contributed by atoms with Gasteiger partial charge < -0.3 is 15.5 Å². The summed E-state index contributed by atoms with van der Waals surface area (Å²) in [6, 6.07) is -0.689. The Bertz CT molecular complexity index is 1080. The summed E-state index contributed by atoms with van der Waals surface area (Å²) >= 11 is 9.83. The van der Waals surface area contributed by atoms with Crippen molar-refractivity contribution in [3.05, 3.63) is 23.8 Å². The Balaban J connectivity index is 1.59. The van der Waals surface area contributed by atoms with E-state index in [0.29, 0.717) is 37.8 Å². The van der Waals surface area contributed by atoms with Gasteiger partial charge in [-0.2, -0.15) is 11.8 Å². The van der Waals surface area contributed by atoms with E-state index in [9.17, 15) is 29.4 Å². The molecule has 0 radical (unpaired) electrons. The van der Waals surface area contributed by atoms with E-state index in [1.54, 1.807) is 17.8 Å². The lowest BCUT2D eigenvalue weighted by Gasteiger charge is -2.63. The molecule has 3 saturated carbocycles. The number of allylic oxidation sites excluding steroid dienone is 4. The van der Waals surface area contributed by atoms with Gasteiger partial charge in [0.25, 0.3) is 0 Å². The average molecular weight is 584 g/mol. The van der Waals surface area contributed by atoms with E-state index in [2.05, 4.69) is 5.32 Å². The highest BCUT2D eigenvalue weighted by Crippen LogP contribution is 2.71. The first kappa shape index (κ1) is 29.8. The lowest BCUT2D eigenvalue weighted by Crippen LogP contribution is -2.69. The fraction of sp³-hybridized carbons (Fsp3) is 0.714. The third-order valence-corrected chi connectivity index (χ3v) is 12.7. The number of hydrogen-bond donors (Lipinski definition) is 3. The highest BCUT2D eigenvalue weighted by atomic mass is 35.5. The van der Waals surface area contributed by atoms with Crippen LogP contribution in [0.5, 0.6) is 0 Å². The molecule has 0 aromatic rings. The number of aliphatic hydroxyl groups is 2. The number of rotatable bonds is 9. The predicted octanol–water partition coefficient (Wildman–Crippen LogP) is 3.30. The molecular weight excluding hydrogens is 546 g/mol. The maximum atomic E-state index is 13.7. The van der Waals surface area contributed by atoms with E-state index >= 15 is 0 Å². The molecule has 4 rings (SSSR count). The van der Waals surface area contributed by atoms with Crippen LogP contribution in [0.15, 0.2) is 23.8 Å². The number of aliphatic hydroxyl groups excluding tert-OH is 1. The minimum Gasteiger partial charge on any atom is -0.391 e. The fourth-order valence-electron chi connectivity index (χ4n) is 8.07. The smallest absolute Gasteiger partial charge is 0.211 e. The molecule has 0 bridgehead atoms. The number of halogens is 1. The SMILES string of the molecule is CSCCC(NC=O)C(=O)SCC(=O)[C@@]1(O)[C@@H](C)C[C@H]2[C@@H]3CCC4=CC(=O)C=C[C@]4(C)C3(Cl)[C@@H](O)C[C@@]21C. The molecule has 7 nitrogen and oxygen atoms in total. The van der Waals surface area contributed by atoms with Gasteiger partial charge in [-0.05, 0) is 74.0 Å². The van der Waals surface area contributed by atoms with E-state index < -0.39 is 39.2 Å². The van der Waals surface area contributed by atoms with Gasteiger partial charge in [0.05, 0.1) is 22.8 Å². The number of fused-ring (bicyclic) bond motifs is 5. The molecule has 2 unspecified atom stereocenters. The van der Waals surface area contributed by atoms with E-state index in [1.807, 2.05) is 33.1 Å². The van der Waals surface area contributed by atoms with Crippen molar-refractivity contribution in [2.75, 3.05) is 17.8 Å². The molecule has 0 spiro atoms. The third-order valence-electron chi connectivity index (χ3n) is 10.2. The summed E-state index contributed by atoms with van der Waals surface area (Å²) in [5.41, 5.74) is -2.45. The van der Waals surface area contributed by atoms with Gasteiger partial charge in [-0.1, -0.05) is 44.2 Å². The molecule has 10 heteroatoms. The Hall–Kier alpha value is -1.13. The number of carbonyl (C=O) groups is 4. The van der Waals surface area contributed by atoms with Crippen molar-refractivity contribution in [1.29, 1.82) is 0 Å². The number of Topliss-reactive ketones (excluding diaryl/α,β-unsaturated/α-hetero) is 1. The van der Waals surface area contributed by atoms with E-state index in [1.165, 1.54) is 6.08 Å². The molecule has 3 N–H and O–H groups in total. The molecule has 0 heterocycles. The van der Waals surface area contributed by atoms with Crippen molar-refractivity contribution in [3.8, 4) is 0 Å². The zero-order chi connectivity index (χ0) is 28.1. The molecule has 4 aliphatic rings. The number of carbonyl (C=O) groups excluding carboxylic acids is 4. The second-order valence-corrected chi connectivity index (χ2v) is 14.4. The minimum atomic E-state index is -1.73. The van der Waals surface area contributed by atoms with Crippen molar-refractivity contribution in [2.24, 2.45) is 28.6 Å². The topological polar surface area (TPSA) is 121 Å². The van der Waals surface area contributed by atoms with Gasteiger partial charge >= 0.3 is 0 Å². The van der Waals surface area contributed by atoms with Crippen LogP contribution >= 0.6 is 35.1 Å². The summed E-state index contributed by atoms with van der Waals surface area (Å²) in [5, 5.41) is 26.0. The third kappa shape index (κ3) is 4.26. The van der Waals surface area contributed by atoms with Crippen LogP contribution in [0.2, 0.25) is 0 Å². The molecule has 0 aromatic heterocycles. The van der Waals surface area contributed by atoms with Gasteiger partial charge in [-0.25, -0.2) is 0 Å². The lowest BCUT2D eigenvalue weighted by molar-refractivity contribution is -0.175. The number of alkyl halides is 1. The van der Waals surface area contributed by atoms with Crippen LogP contribution in [0, 0.1) is 28.6 Å². The van der Waals surface area contributed by atoms with Crippen molar-refractivity contribution < 1.29 is 29.4 Å². The molecule has 210 valence electrons. The first-order chi connectivity index (χ1) is 17.8. The van der Waals surface area contributed by atoms with Crippen LogP contribution < -0.4 is 5.32 Å². The summed E-state index contributed by atoms with van der Waals surface area (Å²) in [5.74, 6) is -0.714. The van der Waals surface area contributed by atoms with Crippen LogP contribution in [-0.4, -0.2) is 73.7 Å². The summed E-state index contributed by atoms with van der Waals surface area (Å²) in [7, 11) is 0. The van der Waals surface area contributed by atoms with Gasteiger partial charge in [0.15, 0.2) is 11.6 Å². The maximum absolute atomic E-state index is 13.7. The minimum absolute atomic E-state index is 0.0770. The Kier molecular flexibility index (Phi) is 8.40. The van der Waals surface area contributed by atoms with Crippen molar-refractivity contribution in [1.82, 2.24) is 5.32 Å². The van der Waals surface area contributed by atoms with Crippen LogP contribution in [-0.2, 0) is 19.2 Å². The Morgan fingerprint density at radius 1 is 1.32 bits per heavy atom. The zero-order valence-electron chi connectivity index (χ0n) is 22.4.